The van der Waals surface area contributed by atoms with Gasteiger partial charge in [-0.2, -0.15) is 0 Å². The summed E-state index contributed by atoms with van der Waals surface area (Å²) in [6.45, 7) is 22.2. The molecule has 0 atom stereocenters. The molecule has 0 heterocycles. The van der Waals surface area contributed by atoms with Crippen LogP contribution in [0.3, 0.4) is 0 Å². The fourth-order valence-electron chi connectivity index (χ4n) is 5.01. The molecule has 4 heteroatoms. The highest BCUT2D eigenvalue weighted by atomic mass is 16.3. The van der Waals surface area contributed by atoms with Gasteiger partial charge in [0.1, 0.15) is 22.9 Å². The van der Waals surface area contributed by atoms with Crippen LogP contribution < -0.4 is 0 Å². The summed E-state index contributed by atoms with van der Waals surface area (Å²) in [5.74, 6) is 0.153. The van der Waals surface area contributed by atoms with Gasteiger partial charge < -0.3 is 10.2 Å². The van der Waals surface area contributed by atoms with E-state index in [0.717, 1.165) is 24.0 Å². The van der Waals surface area contributed by atoms with Crippen LogP contribution in [-0.4, -0.2) is 10.2 Å². The zero-order valence-corrected chi connectivity index (χ0v) is 21.7. The first kappa shape index (κ1) is 25.9. The highest BCUT2D eigenvalue weighted by molar-refractivity contribution is 5.57. The van der Waals surface area contributed by atoms with E-state index >= 15 is 0 Å². The van der Waals surface area contributed by atoms with E-state index in [1.165, 1.54) is 0 Å². The van der Waals surface area contributed by atoms with Crippen molar-refractivity contribution in [2.45, 2.75) is 92.9 Å². The maximum atomic E-state index is 10.4. The Hall–Kier alpha value is -2.36. The number of aromatic hydroxyl groups is 2. The molecule has 4 nitrogen and oxygen atoms in total. The summed E-state index contributed by atoms with van der Waals surface area (Å²) in [6, 6.07) is 11.1. The first-order chi connectivity index (χ1) is 14.4. The second kappa shape index (κ2) is 8.88. The van der Waals surface area contributed by atoms with Crippen molar-refractivity contribution in [3.63, 3.8) is 0 Å². The Morgan fingerprint density at radius 2 is 0.875 bits per heavy atom. The van der Waals surface area contributed by atoms with E-state index in [0.29, 0.717) is 11.4 Å². The van der Waals surface area contributed by atoms with Crippen molar-refractivity contribution in [1.29, 1.82) is 0 Å². The summed E-state index contributed by atoms with van der Waals surface area (Å²) in [6.07, 6.45) is 1.99. The number of azo groups is 1. The van der Waals surface area contributed by atoms with Crippen LogP contribution in [0.25, 0.3) is 0 Å². The van der Waals surface area contributed by atoms with Crippen molar-refractivity contribution >= 4 is 11.4 Å². The molecule has 0 radical (unpaired) electrons. The minimum Gasteiger partial charge on any atom is -0.506 e. The summed E-state index contributed by atoms with van der Waals surface area (Å²) in [4.78, 5) is 0. The van der Waals surface area contributed by atoms with E-state index in [1.54, 1.807) is 12.1 Å². The van der Waals surface area contributed by atoms with Crippen LogP contribution in [0, 0.1) is 10.8 Å². The van der Waals surface area contributed by atoms with E-state index in [2.05, 4.69) is 79.5 Å². The predicted molar refractivity (Wildman–Crippen MR) is 135 cm³/mol. The maximum Gasteiger partial charge on any atom is 0.143 e. The highest BCUT2D eigenvalue weighted by Crippen LogP contribution is 2.42. The zero-order chi connectivity index (χ0) is 24.5. The smallest absolute Gasteiger partial charge is 0.143 e. The third-order valence-corrected chi connectivity index (χ3v) is 5.72. The van der Waals surface area contributed by atoms with E-state index in [-0.39, 0.29) is 33.2 Å². The normalized spacial score (nSPS) is 13.7. The van der Waals surface area contributed by atoms with Crippen molar-refractivity contribution in [1.82, 2.24) is 0 Å². The summed E-state index contributed by atoms with van der Waals surface area (Å²) >= 11 is 0. The quantitative estimate of drug-likeness (QED) is 0.442. The van der Waals surface area contributed by atoms with E-state index in [9.17, 15) is 10.2 Å². The van der Waals surface area contributed by atoms with Crippen LogP contribution in [0.5, 0.6) is 11.5 Å². The first-order valence-corrected chi connectivity index (χ1v) is 11.5. The molecule has 0 fully saturated rings. The van der Waals surface area contributed by atoms with Gasteiger partial charge >= 0.3 is 0 Å². The molecule has 0 bridgehead atoms. The summed E-state index contributed by atoms with van der Waals surface area (Å²) < 4.78 is 0. The molecule has 0 spiro atoms. The summed E-state index contributed by atoms with van der Waals surface area (Å²) in [5, 5.41) is 29.4. The van der Waals surface area contributed by atoms with Crippen LogP contribution in [0.1, 0.15) is 93.2 Å². The number of hydrogen-bond donors (Lipinski definition) is 2. The van der Waals surface area contributed by atoms with Gasteiger partial charge in [0, 0.05) is 0 Å². The Morgan fingerprint density at radius 3 is 1.16 bits per heavy atom. The van der Waals surface area contributed by atoms with Crippen LogP contribution in [0.4, 0.5) is 11.4 Å². The number of phenolic OH excluding ortho intramolecular Hbond substituents is 2. The third kappa shape index (κ3) is 7.08. The summed E-state index contributed by atoms with van der Waals surface area (Å²) in [5.41, 5.74) is 3.22. The van der Waals surface area contributed by atoms with E-state index in [4.69, 9.17) is 0 Å². The number of hydrogen-bond acceptors (Lipinski definition) is 4. The molecule has 0 aliphatic heterocycles. The van der Waals surface area contributed by atoms with Gasteiger partial charge in [-0.25, -0.2) is 0 Å². The minimum absolute atomic E-state index is 0.0742. The Labute approximate surface area is 194 Å². The standard InChI is InChI=1S/C28H42N2O2/c1-25(2,3)17-27(7,8)19-11-13-23(31)21(15-19)29-30-22-16-20(12-14-24(22)32)28(9,10)18-26(4,5)6/h11-16,31-32H,17-18H2,1-10H3/b30-29+. The van der Waals surface area contributed by atoms with Crippen molar-refractivity contribution in [2.75, 3.05) is 0 Å². The molecule has 2 aromatic carbocycles. The Kier molecular flexibility index (Phi) is 7.19. The Morgan fingerprint density at radius 1 is 0.562 bits per heavy atom. The van der Waals surface area contributed by atoms with Gasteiger partial charge in [0.2, 0.25) is 0 Å². The van der Waals surface area contributed by atoms with Gasteiger partial charge in [-0.3, -0.25) is 0 Å². The molecule has 0 unspecified atom stereocenters. The molecular weight excluding hydrogens is 396 g/mol. The van der Waals surface area contributed by atoms with Crippen molar-refractivity contribution in [2.24, 2.45) is 21.1 Å². The molecule has 176 valence electrons. The SMILES string of the molecule is CC(C)(C)CC(C)(C)c1ccc(O)c(/N=N/c2cc(C(C)(C)CC(C)(C)C)ccc2O)c1. The average Bonchev–Trinajstić information content (AvgIpc) is 2.57. The van der Waals surface area contributed by atoms with Crippen LogP contribution in [0.2, 0.25) is 0 Å². The van der Waals surface area contributed by atoms with Crippen LogP contribution in [0.15, 0.2) is 46.6 Å². The van der Waals surface area contributed by atoms with Crippen molar-refractivity contribution in [3.05, 3.63) is 47.5 Å². The van der Waals surface area contributed by atoms with Gasteiger partial charge in [-0.1, -0.05) is 81.4 Å². The molecule has 0 aromatic heterocycles. The van der Waals surface area contributed by atoms with Gasteiger partial charge in [-0.05, 0) is 69.9 Å². The Bertz CT molecular complexity index is 894. The van der Waals surface area contributed by atoms with Gasteiger partial charge in [0.25, 0.3) is 0 Å². The monoisotopic (exact) mass is 438 g/mol. The fraction of sp³-hybridized carbons (Fsp3) is 0.571. The average molecular weight is 439 g/mol. The fourth-order valence-corrected chi connectivity index (χ4v) is 5.01. The first-order valence-electron chi connectivity index (χ1n) is 11.5. The number of rotatable bonds is 6. The van der Waals surface area contributed by atoms with Crippen LogP contribution in [-0.2, 0) is 10.8 Å². The molecule has 2 aromatic rings. The molecule has 0 amide bonds. The Balaban J connectivity index is 2.40. The van der Waals surface area contributed by atoms with Gasteiger partial charge in [0.15, 0.2) is 0 Å². The van der Waals surface area contributed by atoms with Gasteiger partial charge in [0.05, 0.1) is 0 Å². The highest BCUT2D eigenvalue weighted by Gasteiger charge is 2.29. The molecule has 0 aliphatic carbocycles. The zero-order valence-electron chi connectivity index (χ0n) is 21.7. The molecule has 0 aliphatic rings. The molecular formula is C28H42N2O2. The van der Waals surface area contributed by atoms with Crippen molar-refractivity contribution < 1.29 is 10.2 Å². The van der Waals surface area contributed by atoms with E-state index < -0.39 is 0 Å². The predicted octanol–water partition coefficient (Wildman–Crippen LogP) is 8.94. The maximum absolute atomic E-state index is 10.4. The lowest BCUT2D eigenvalue weighted by Gasteiger charge is -2.33. The second-order valence-electron chi connectivity index (χ2n) is 12.8. The molecule has 2 rings (SSSR count). The molecule has 0 saturated heterocycles. The minimum atomic E-state index is -0.0742. The van der Waals surface area contributed by atoms with E-state index in [1.807, 2.05) is 24.3 Å². The largest absolute Gasteiger partial charge is 0.506 e. The number of benzene rings is 2. The van der Waals surface area contributed by atoms with Crippen molar-refractivity contribution in [3.8, 4) is 11.5 Å². The molecule has 0 saturated carbocycles. The summed E-state index contributed by atoms with van der Waals surface area (Å²) in [7, 11) is 0. The lowest BCUT2D eigenvalue weighted by Crippen LogP contribution is -2.24. The van der Waals surface area contributed by atoms with Gasteiger partial charge in [-0.15, -0.1) is 10.2 Å². The second-order valence-corrected chi connectivity index (χ2v) is 12.8. The topological polar surface area (TPSA) is 65.2 Å². The molecule has 2 N–H and O–H groups in total. The molecule has 32 heavy (non-hydrogen) atoms. The number of nitrogens with zero attached hydrogens (tertiary/aromatic N) is 2. The van der Waals surface area contributed by atoms with Crippen LogP contribution >= 0.6 is 0 Å². The lowest BCUT2D eigenvalue weighted by atomic mass is 9.72. The lowest BCUT2D eigenvalue weighted by molar-refractivity contribution is 0.283. The third-order valence-electron chi connectivity index (χ3n) is 5.72. The number of phenols is 2.